The first-order chi connectivity index (χ1) is 14.1. The number of nitrogens with one attached hydrogen (secondary N) is 2. The van der Waals surface area contributed by atoms with Gasteiger partial charge in [0.05, 0.1) is 11.9 Å². The molecule has 2 amide bonds. The summed E-state index contributed by atoms with van der Waals surface area (Å²) >= 11 is 0. The Bertz CT molecular complexity index is 889. The summed E-state index contributed by atoms with van der Waals surface area (Å²) in [5, 5.41) is 5.76. The lowest BCUT2D eigenvalue weighted by molar-refractivity contribution is -0.128. The average Bonchev–Trinajstić information content (AvgIpc) is 2.77. The van der Waals surface area contributed by atoms with Crippen molar-refractivity contribution in [3.05, 3.63) is 46.8 Å². The van der Waals surface area contributed by atoms with Crippen molar-refractivity contribution in [1.82, 2.24) is 20.5 Å². The largest absolute Gasteiger partial charge is 0.367 e. The second-order valence-electron chi connectivity index (χ2n) is 7.61. The van der Waals surface area contributed by atoms with E-state index in [0.717, 1.165) is 62.3 Å². The third-order valence-corrected chi connectivity index (χ3v) is 5.70. The number of hydrogen-bond acceptors (Lipinski definition) is 5. The number of carbonyl (C=O) groups is 2. The summed E-state index contributed by atoms with van der Waals surface area (Å²) < 4.78 is 14.4. The molecule has 0 aliphatic carbocycles. The highest BCUT2D eigenvalue weighted by Gasteiger charge is 2.28. The number of pyridine rings is 1. The second kappa shape index (κ2) is 8.23. The Morgan fingerprint density at radius 1 is 1.17 bits per heavy atom. The van der Waals surface area contributed by atoms with E-state index in [1.54, 1.807) is 0 Å². The topological polar surface area (TPSA) is 77.6 Å². The highest BCUT2D eigenvalue weighted by Crippen LogP contribution is 2.31. The van der Waals surface area contributed by atoms with E-state index in [0.29, 0.717) is 12.2 Å². The maximum absolute atomic E-state index is 14.4. The Hall–Kier alpha value is -2.90. The number of amides is 2. The van der Waals surface area contributed by atoms with E-state index in [4.69, 9.17) is 0 Å². The van der Waals surface area contributed by atoms with E-state index >= 15 is 0 Å². The van der Waals surface area contributed by atoms with Gasteiger partial charge in [0, 0.05) is 44.9 Å². The van der Waals surface area contributed by atoms with Crippen LogP contribution in [0.4, 0.5) is 10.1 Å². The number of allylic oxidation sites excluding steroid dienone is 2. The van der Waals surface area contributed by atoms with Crippen LogP contribution in [0.15, 0.2) is 35.3 Å². The van der Waals surface area contributed by atoms with E-state index in [2.05, 4.69) is 15.6 Å². The van der Waals surface area contributed by atoms with Crippen molar-refractivity contribution in [3.63, 3.8) is 0 Å². The van der Waals surface area contributed by atoms with Crippen LogP contribution in [0.5, 0.6) is 0 Å². The molecular formula is C21H26FN5O2. The van der Waals surface area contributed by atoms with Crippen LogP contribution in [0.1, 0.15) is 42.6 Å². The number of likely N-dealkylation sites (tertiary alicyclic amines) is 1. The molecule has 3 aliphatic heterocycles. The van der Waals surface area contributed by atoms with Crippen LogP contribution in [-0.4, -0.2) is 54.9 Å². The molecule has 0 unspecified atom stereocenters. The van der Waals surface area contributed by atoms with Crippen LogP contribution in [-0.2, 0) is 4.79 Å². The van der Waals surface area contributed by atoms with Crippen LogP contribution >= 0.6 is 0 Å². The van der Waals surface area contributed by atoms with E-state index in [9.17, 15) is 14.0 Å². The molecule has 4 rings (SSSR count). The van der Waals surface area contributed by atoms with Crippen molar-refractivity contribution in [2.45, 2.75) is 32.1 Å². The van der Waals surface area contributed by atoms with Crippen molar-refractivity contribution >= 4 is 17.5 Å². The lowest BCUT2D eigenvalue weighted by Crippen LogP contribution is -2.43. The van der Waals surface area contributed by atoms with Crippen molar-refractivity contribution in [2.75, 3.05) is 38.1 Å². The third-order valence-electron chi connectivity index (χ3n) is 5.70. The summed E-state index contributed by atoms with van der Waals surface area (Å²) in [5.41, 5.74) is 2.22. The Labute approximate surface area is 169 Å². The molecule has 4 heterocycles. The number of hydrogen-bond donors (Lipinski definition) is 2. The molecule has 2 N–H and O–H groups in total. The zero-order valence-electron chi connectivity index (χ0n) is 16.6. The van der Waals surface area contributed by atoms with Crippen LogP contribution < -0.4 is 15.5 Å². The lowest BCUT2D eigenvalue weighted by Gasteiger charge is -2.37. The molecule has 0 radical (unpaired) electrons. The summed E-state index contributed by atoms with van der Waals surface area (Å²) in [5.74, 6) is -0.196. The highest BCUT2D eigenvalue weighted by atomic mass is 19.1. The smallest absolute Gasteiger partial charge is 0.272 e. The number of nitrogens with zero attached hydrogens (tertiary/aromatic N) is 3. The molecule has 154 valence electrons. The van der Waals surface area contributed by atoms with Crippen molar-refractivity contribution in [2.24, 2.45) is 0 Å². The normalized spacial score (nSPS) is 19.3. The molecule has 0 saturated carbocycles. The van der Waals surface area contributed by atoms with Gasteiger partial charge in [-0.2, -0.15) is 0 Å². The number of aromatic nitrogens is 1. The molecule has 29 heavy (non-hydrogen) atoms. The Morgan fingerprint density at radius 3 is 2.69 bits per heavy atom. The van der Waals surface area contributed by atoms with Gasteiger partial charge >= 0.3 is 0 Å². The standard InChI is InChI=1S/C21H26FN5O2/c1-23-20(28)18-17(22)11-16(13-24-18)27-9-5-6-14-10-15(12-25-19(14)27)21(29)26-7-3-2-4-8-26/h10-11,13,25H,2-9,12H2,1H3,(H,23,28). The summed E-state index contributed by atoms with van der Waals surface area (Å²) in [6, 6.07) is 1.34. The maximum Gasteiger partial charge on any atom is 0.272 e. The van der Waals surface area contributed by atoms with Gasteiger partial charge in [0.15, 0.2) is 11.5 Å². The van der Waals surface area contributed by atoms with Gasteiger partial charge in [0.25, 0.3) is 11.8 Å². The van der Waals surface area contributed by atoms with E-state index in [1.807, 2.05) is 15.9 Å². The monoisotopic (exact) mass is 399 g/mol. The van der Waals surface area contributed by atoms with Gasteiger partial charge in [-0.05, 0) is 43.8 Å². The molecule has 0 spiro atoms. The fraction of sp³-hybridized carbons (Fsp3) is 0.476. The molecule has 1 saturated heterocycles. The van der Waals surface area contributed by atoms with E-state index in [1.165, 1.54) is 25.7 Å². The SMILES string of the molecule is CNC(=O)c1ncc(N2CCCC3=C2NCC(C(=O)N2CCCCC2)=C3)cc1F. The predicted molar refractivity (Wildman–Crippen MR) is 108 cm³/mol. The van der Waals surface area contributed by atoms with Crippen LogP contribution in [0.2, 0.25) is 0 Å². The highest BCUT2D eigenvalue weighted by molar-refractivity contribution is 5.95. The lowest BCUT2D eigenvalue weighted by atomic mass is 9.98. The van der Waals surface area contributed by atoms with E-state index < -0.39 is 11.7 Å². The van der Waals surface area contributed by atoms with Crippen molar-refractivity contribution in [1.29, 1.82) is 0 Å². The third kappa shape index (κ3) is 3.83. The van der Waals surface area contributed by atoms with Crippen LogP contribution in [0.3, 0.4) is 0 Å². The van der Waals surface area contributed by atoms with Crippen LogP contribution in [0.25, 0.3) is 0 Å². The van der Waals surface area contributed by atoms with Gasteiger partial charge in [0.1, 0.15) is 5.82 Å². The van der Waals surface area contributed by atoms with Gasteiger partial charge in [-0.1, -0.05) is 0 Å². The van der Waals surface area contributed by atoms with Crippen molar-refractivity contribution in [3.8, 4) is 0 Å². The van der Waals surface area contributed by atoms with E-state index in [-0.39, 0.29) is 11.6 Å². The van der Waals surface area contributed by atoms with Gasteiger partial charge in [-0.15, -0.1) is 0 Å². The molecular weight excluding hydrogens is 373 g/mol. The molecule has 1 aromatic heterocycles. The number of dihydropyridines is 1. The quantitative estimate of drug-likeness (QED) is 0.812. The molecule has 1 fully saturated rings. The number of anilines is 1. The fourth-order valence-electron chi connectivity index (χ4n) is 4.18. The molecule has 3 aliphatic rings. The first-order valence-corrected chi connectivity index (χ1v) is 10.2. The maximum atomic E-state index is 14.4. The zero-order chi connectivity index (χ0) is 20.4. The minimum absolute atomic E-state index is 0.114. The van der Waals surface area contributed by atoms with Crippen LogP contribution in [0, 0.1) is 5.82 Å². The predicted octanol–water partition coefficient (Wildman–Crippen LogP) is 1.93. The number of carbonyl (C=O) groups excluding carboxylic acids is 2. The molecule has 7 nitrogen and oxygen atoms in total. The second-order valence-corrected chi connectivity index (χ2v) is 7.61. The zero-order valence-corrected chi connectivity index (χ0v) is 16.6. The number of rotatable bonds is 3. The Balaban J connectivity index is 1.58. The minimum Gasteiger partial charge on any atom is -0.367 e. The summed E-state index contributed by atoms with van der Waals surface area (Å²) in [4.78, 5) is 32.5. The van der Waals surface area contributed by atoms with Gasteiger partial charge in [-0.3, -0.25) is 9.59 Å². The number of halogens is 1. The molecule has 0 bridgehead atoms. The van der Waals surface area contributed by atoms with Gasteiger partial charge in [0.2, 0.25) is 0 Å². The number of piperidine rings is 1. The molecule has 0 aromatic carbocycles. The molecule has 0 atom stereocenters. The fourth-order valence-corrected chi connectivity index (χ4v) is 4.18. The molecule has 1 aromatic rings. The first-order valence-electron chi connectivity index (χ1n) is 10.2. The van der Waals surface area contributed by atoms with Gasteiger partial charge < -0.3 is 20.4 Å². The Morgan fingerprint density at radius 2 is 1.97 bits per heavy atom. The minimum atomic E-state index is -0.651. The van der Waals surface area contributed by atoms with Crippen molar-refractivity contribution < 1.29 is 14.0 Å². The average molecular weight is 399 g/mol. The van der Waals surface area contributed by atoms with Gasteiger partial charge in [-0.25, -0.2) is 9.37 Å². The first kappa shape index (κ1) is 19.4. The summed E-state index contributed by atoms with van der Waals surface area (Å²) in [6.07, 6.45) is 8.59. The molecule has 8 heteroatoms. The summed E-state index contributed by atoms with van der Waals surface area (Å²) in [7, 11) is 1.44. The summed E-state index contributed by atoms with van der Waals surface area (Å²) in [6.45, 7) is 2.83. The Kier molecular flexibility index (Phi) is 5.51.